The molecule has 2 bridgehead atoms. The third-order valence-electron chi connectivity index (χ3n) is 7.84. The zero-order valence-electron chi connectivity index (χ0n) is 23.7. The van der Waals surface area contributed by atoms with E-state index in [0.29, 0.717) is 27.6 Å². The van der Waals surface area contributed by atoms with Crippen LogP contribution in [0.5, 0.6) is 0 Å². The quantitative estimate of drug-likeness (QED) is 0.182. The second kappa shape index (κ2) is 12.7. The first-order chi connectivity index (χ1) is 19.8. The minimum absolute atomic E-state index is 0.0469. The van der Waals surface area contributed by atoms with Gasteiger partial charge in [-0.1, -0.05) is 18.2 Å². The van der Waals surface area contributed by atoms with Crippen molar-refractivity contribution in [3.8, 4) is 6.07 Å². The van der Waals surface area contributed by atoms with Crippen LogP contribution in [0.2, 0.25) is 0 Å². The largest absolute Gasteiger partial charge is 0.490 e. The summed E-state index contributed by atoms with van der Waals surface area (Å²) in [4.78, 5) is 40.6. The first-order valence-electron chi connectivity index (χ1n) is 13.7. The van der Waals surface area contributed by atoms with E-state index in [4.69, 9.17) is 15.2 Å². The molecule has 2 aliphatic rings. The minimum atomic E-state index is -1.73. The molecule has 0 radical (unpaired) electrons. The van der Waals surface area contributed by atoms with E-state index in [1.807, 2.05) is 0 Å². The van der Waals surface area contributed by atoms with Crippen molar-refractivity contribution in [1.82, 2.24) is 10.2 Å². The van der Waals surface area contributed by atoms with Crippen LogP contribution in [0.25, 0.3) is 0 Å². The van der Waals surface area contributed by atoms with Gasteiger partial charge in [0, 0.05) is 34.5 Å². The average molecular weight is 641 g/mol. The number of hydrogen-bond donors (Lipinski definition) is 4. The van der Waals surface area contributed by atoms with Gasteiger partial charge in [0.15, 0.2) is 0 Å². The van der Waals surface area contributed by atoms with E-state index in [1.165, 1.54) is 12.0 Å². The number of anilines is 1. The number of esters is 1. The zero-order valence-corrected chi connectivity index (χ0v) is 25.3. The number of nitrogens with two attached hydrogens (primary N) is 1. The number of nitrogen functional groups attached to an aromatic ring is 1. The van der Waals surface area contributed by atoms with Gasteiger partial charge in [-0.25, -0.2) is 9.59 Å². The summed E-state index contributed by atoms with van der Waals surface area (Å²) in [6, 6.07) is 10.2. The molecule has 2 aromatic carbocycles. The number of carbonyl (C=O) groups is 3. The smallest absolute Gasteiger partial charge is 0.465 e. The zero-order chi connectivity index (χ0) is 30.8. The van der Waals surface area contributed by atoms with E-state index in [0.717, 1.165) is 12.8 Å². The van der Waals surface area contributed by atoms with Gasteiger partial charge in [-0.05, 0) is 84.3 Å². The summed E-state index contributed by atoms with van der Waals surface area (Å²) in [5.74, 6) is -0.994. The first-order valence-corrected chi connectivity index (χ1v) is 14.4. The number of amides is 2. The third-order valence-corrected chi connectivity index (χ3v) is 8.53. The molecule has 1 heterocycles. The lowest BCUT2D eigenvalue weighted by Gasteiger charge is -2.36. The van der Waals surface area contributed by atoms with Crippen LogP contribution in [0, 0.1) is 17.2 Å². The van der Waals surface area contributed by atoms with Crippen molar-refractivity contribution >= 4 is 52.2 Å². The Balaban J connectivity index is 1.45. The topological polar surface area (TPSA) is 175 Å². The van der Waals surface area contributed by atoms with Gasteiger partial charge in [-0.2, -0.15) is 5.26 Å². The molecule has 2 aromatic rings. The molecule has 13 heteroatoms. The van der Waals surface area contributed by atoms with Crippen molar-refractivity contribution in [1.29, 1.82) is 5.26 Å². The molecule has 1 saturated heterocycles. The number of nitriles is 1. The number of fused-ring (bicyclic) bond motifs is 2. The number of likely N-dealkylation sites (tertiary alicyclic amines) is 1. The number of hydrogen-bond acceptors (Lipinski definition) is 9. The fourth-order valence-electron chi connectivity index (χ4n) is 5.95. The van der Waals surface area contributed by atoms with E-state index >= 15 is 0 Å². The molecule has 5 N–H and O–H groups in total. The predicted molar refractivity (Wildman–Crippen MR) is 158 cm³/mol. The van der Waals surface area contributed by atoms with E-state index in [2.05, 4.69) is 27.3 Å². The minimum Gasteiger partial charge on any atom is -0.465 e. The summed E-state index contributed by atoms with van der Waals surface area (Å²) in [5, 5.41) is 31.8. The Morgan fingerprint density at radius 3 is 2.60 bits per heavy atom. The number of ether oxygens (including phenoxy) is 2. The standard InChI is InChI=1S/C29H34BBrN4O7/c1-29(2,14-17-5-9-24(33)22(12-17)30(39)40)42-28(38)35-20-7-6-18(13-20)25(35)26(36)34-19(15-32)10-16-4-8-23(31)21(11-16)27(37)41-3/h4-5,8-9,11-12,18-20,25,39-40H,6-7,10,13-14,33H2,1-3H3,(H,34,36)/t18-,19?,20+,25-/m0/s1. The molecule has 4 atom stereocenters. The maximum atomic E-state index is 13.5. The fraction of sp³-hybridized carbons (Fsp3) is 0.448. The van der Waals surface area contributed by atoms with Gasteiger partial charge >= 0.3 is 19.2 Å². The Morgan fingerprint density at radius 1 is 1.21 bits per heavy atom. The van der Waals surface area contributed by atoms with Crippen LogP contribution in [0.1, 0.15) is 54.6 Å². The molecule has 1 unspecified atom stereocenters. The maximum absolute atomic E-state index is 13.5. The lowest BCUT2D eigenvalue weighted by atomic mass is 9.77. The van der Waals surface area contributed by atoms with E-state index in [9.17, 15) is 29.7 Å². The number of carbonyl (C=O) groups excluding carboxylic acids is 3. The van der Waals surface area contributed by atoms with Gasteiger partial charge < -0.3 is 30.6 Å². The van der Waals surface area contributed by atoms with Crippen LogP contribution >= 0.6 is 15.9 Å². The summed E-state index contributed by atoms with van der Waals surface area (Å²) < 4.78 is 11.3. The Bertz CT molecular complexity index is 1410. The number of halogens is 1. The Morgan fingerprint density at radius 2 is 1.93 bits per heavy atom. The van der Waals surface area contributed by atoms with Crippen molar-refractivity contribution < 1.29 is 33.9 Å². The normalized spacial score (nSPS) is 20.0. The van der Waals surface area contributed by atoms with Gasteiger partial charge in [0.25, 0.3) is 0 Å². The maximum Gasteiger partial charge on any atom is 0.490 e. The highest BCUT2D eigenvalue weighted by molar-refractivity contribution is 9.10. The van der Waals surface area contributed by atoms with Crippen molar-refractivity contribution in [3.05, 3.63) is 57.6 Å². The molecular weight excluding hydrogens is 607 g/mol. The van der Waals surface area contributed by atoms with Gasteiger partial charge in [-0.3, -0.25) is 9.69 Å². The van der Waals surface area contributed by atoms with Crippen LogP contribution in [-0.2, 0) is 27.1 Å². The highest BCUT2D eigenvalue weighted by Gasteiger charge is 2.53. The molecule has 1 saturated carbocycles. The number of nitrogens with one attached hydrogen (secondary N) is 1. The van der Waals surface area contributed by atoms with Gasteiger partial charge in [0.05, 0.1) is 18.7 Å². The van der Waals surface area contributed by atoms with Crippen molar-refractivity contribution in [2.24, 2.45) is 5.92 Å². The summed E-state index contributed by atoms with van der Waals surface area (Å²) in [7, 11) is -0.450. The Hall–Kier alpha value is -3.60. The van der Waals surface area contributed by atoms with Crippen molar-refractivity contribution in [2.75, 3.05) is 12.8 Å². The fourth-order valence-corrected chi connectivity index (χ4v) is 6.36. The molecule has 0 aromatic heterocycles. The molecule has 1 aliphatic heterocycles. The Kier molecular flexibility index (Phi) is 9.50. The van der Waals surface area contributed by atoms with Gasteiger partial charge in [0.1, 0.15) is 17.7 Å². The second-order valence-corrected chi connectivity index (χ2v) is 12.3. The molecule has 222 valence electrons. The predicted octanol–water partition coefficient (Wildman–Crippen LogP) is 2.06. The molecule has 11 nitrogen and oxygen atoms in total. The van der Waals surface area contributed by atoms with E-state index in [-0.39, 0.29) is 36.0 Å². The van der Waals surface area contributed by atoms with Crippen molar-refractivity contribution in [2.45, 2.75) is 69.7 Å². The van der Waals surface area contributed by atoms with Crippen LogP contribution in [0.3, 0.4) is 0 Å². The summed E-state index contributed by atoms with van der Waals surface area (Å²) in [5.41, 5.74) is 6.92. The number of methoxy groups -OCH3 is 1. The second-order valence-electron chi connectivity index (χ2n) is 11.4. The average Bonchev–Trinajstić information content (AvgIpc) is 3.56. The first kappa shape index (κ1) is 31.3. The van der Waals surface area contributed by atoms with Crippen LogP contribution in [0.4, 0.5) is 10.5 Å². The molecule has 2 fully saturated rings. The number of piperidine rings is 1. The molecule has 2 amide bonds. The Labute approximate surface area is 253 Å². The molecule has 0 spiro atoms. The lowest BCUT2D eigenvalue weighted by molar-refractivity contribution is -0.128. The van der Waals surface area contributed by atoms with E-state index in [1.54, 1.807) is 50.2 Å². The SMILES string of the molecule is COC(=O)c1cc(CC(C#N)NC(=O)[C@@H]2[C@H]3CC[C@H](C3)N2C(=O)OC(C)(C)Cc2ccc(N)c(B(O)O)c2)ccc1Br. The highest BCUT2D eigenvalue weighted by Crippen LogP contribution is 2.43. The summed E-state index contributed by atoms with van der Waals surface area (Å²) >= 11 is 3.32. The highest BCUT2D eigenvalue weighted by atomic mass is 79.9. The summed E-state index contributed by atoms with van der Waals surface area (Å²) in [6.07, 6.45) is 2.04. The van der Waals surface area contributed by atoms with Gasteiger partial charge in [-0.15, -0.1) is 0 Å². The third kappa shape index (κ3) is 6.89. The monoisotopic (exact) mass is 640 g/mol. The number of benzene rings is 2. The molecule has 4 rings (SSSR count). The van der Waals surface area contributed by atoms with Crippen LogP contribution in [-0.4, -0.2) is 70.9 Å². The summed E-state index contributed by atoms with van der Waals surface area (Å²) in [6.45, 7) is 3.48. The van der Waals surface area contributed by atoms with Crippen molar-refractivity contribution in [3.63, 3.8) is 0 Å². The van der Waals surface area contributed by atoms with Crippen LogP contribution < -0.4 is 16.5 Å². The van der Waals surface area contributed by atoms with E-state index < -0.39 is 42.8 Å². The van der Waals surface area contributed by atoms with Crippen LogP contribution in [0.15, 0.2) is 40.9 Å². The number of nitrogens with zero attached hydrogens (tertiary/aromatic N) is 2. The van der Waals surface area contributed by atoms with Gasteiger partial charge in [0.2, 0.25) is 5.91 Å². The molecule has 1 aliphatic carbocycles. The number of rotatable bonds is 9. The lowest BCUT2D eigenvalue weighted by Crippen LogP contribution is -2.55. The molecule has 42 heavy (non-hydrogen) atoms. The molecular formula is C29H34BBrN4O7.